The number of rotatable bonds is 4. The molecule has 1 aromatic rings. The maximum Gasteiger partial charge on any atom is 0.252 e. The Labute approximate surface area is 112 Å². The van der Waals surface area contributed by atoms with Crippen LogP contribution >= 0.6 is 11.3 Å². The van der Waals surface area contributed by atoms with Crippen LogP contribution in [-0.2, 0) is 16.4 Å². The van der Waals surface area contributed by atoms with Crippen molar-refractivity contribution in [3.63, 3.8) is 0 Å². The minimum atomic E-state index is -3.34. The summed E-state index contributed by atoms with van der Waals surface area (Å²) in [6.45, 7) is 5.42. The van der Waals surface area contributed by atoms with Crippen molar-refractivity contribution in [2.75, 3.05) is 19.7 Å². The van der Waals surface area contributed by atoms with Gasteiger partial charge in [0.15, 0.2) is 0 Å². The monoisotopic (exact) mass is 289 g/mol. The van der Waals surface area contributed by atoms with E-state index >= 15 is 0 Å². The third-order valence-corrected chi connectivity index (χ3v) is 6.69. The first kappa shape index (κ1) is 14.0. The fourth-order valence-corrected chi connectivity index (χ4v) is 5.26. The Kier molecular flexibility index (Phi) is 3.82. The number of hydrogen-bond acceptors (Lipinski definition) is 4. The van der Waals surface area contributed by atoms with Crippen molar-refractivity contribution < 1.29 is 13.5 Å². The lowest BCUT2D eigenvalue weighted by Gasteiger charge is -2.18. The highest BCUT2D eigenvalue weighted by Gasteiger charge is 2.37. The number of thiophene rings is 1. The first-order chi connectivity index (χ1) is 8.35. The van der Waals surface area contributed by atoms with E-state index in [1.807, 2.05) is 0 Å². The van der Waals surface area contributed by atoms with Crippen LogP contribution in [0.5, 0.6) is 0 Å². The average molecular weight is 289 g/mol. The van der Waals surface area contributed by atoms with Gasteiger partial charge in [0, 0.05) is 31.0 Å². The number of sulfonamides is 1. The molecule has 0 spiro atoms. The van der Waals surface area contributed by atoms with Gasteiger partial charge in [-0.1, -0.05) is 13.8 Å². The zero-order valence-electron chi connectivity index (χ0n) is 10.7. The molecule has 18 heavy (non-hydrogen) atoms. The third kappa shape index (κ3) is 2.77. The largest absolute Gasteiger partial charge is 0.396 e. The van der Waals surface area contributed by atoms with Crippen LogP contribution in [0.15, 0.2) is 16.3 Å². The summed E-state index contributed by atoms with van der Waals surface area (Å²) in [7, 11) is -3.34. The van der Waals surface area contributed by atoms with Gasteiger partial charge in [-0.3, -0.25) is 0 Å². The zero-order valence-corrected chi connectivity index (χ0v) is 12.4. The molecule has 1 aliphatic heterocycles. The molecule has 0 radical (unpaired) electrons. The molecule has 0 saturated carbocycles. The van der Waals surface area contributed by atoms with Crippen LogP contribution in [0.4, 0.5) is 0 Å². The lowest BCUT2D eigenvalue weighted by molar-refractivity contribution is 0.300. The van der Waals surface area contributed by atoms with Gasteiger partial charge in [-0.25, -0.2) is 8.42 Å². The molecule has 1 aliphatic rings. The average Bonchev–Trinajstić information content (AvgIpc) is 2.86. The Hall–Kier alpha value is -0.430. The lowest BCUT2D eigenvalue weighted by atomic mass is 9.93. The van der Waals surface area contributed by atoms with Crippen molar-refractivity contribution in [2.24, 2.45) is 5.41 Å². The summed E-state index contributed by atoms with van der Waals surface area (Å²) in [4.78, 5) is 0.912. The molecule has 0 atom stereocenters. The molecule has 1 saturated heterocycles. The van der Waals surface area contributed by atoms with Crippen LogP contribution < -0.4 is 0 Å². The SMILES string of the molecule is CC1(C)CCN(S(=O)(=O)c2ccc(CCO)s2)C1. The van der Waals surface area contributed by atoms with Crippen LogP contribution in [0, 0.1) is 5.41 Å². The Morgan fingerprint density at radius 3 is 2.72 bits per heavy atom. The maximum absolute atomic E-state index is 12.4. The van der Waals surface area contributed by atoms with E-state index in [2.05, 4.69) is 13.8 Å². The summed E-state index contributed by atoms with van der Waals surface area (Å²) in [6, 6.07) is 3.44. The molecular weight excluding hydrogens is 270 g/mol. The van der Waals surface area contributed by atoms with E-state index < -0.39 is 10.0 Å². The van der Waals surface area contributed by atoms with Crippen molar-refractivity contribution in [3.8, 4) is 0 Å². The second-order valence-corrected chi connectivity index (χ2v) is 8.78. The fourth-order valence-electron chi connectivity index (χ4n) is 2.14. The first-order valence-electron chi connectivity index (χ1n) is 6.05. The normalized spacial score (nSPS) is 20.4. The second-order valence-electron chi connectivity index (χ2n) is 5.45. The molecule has 2 rings (SSSR count). The minimum Gasteiger partial charge on any atom is -0.396 e. The van der Waals surface area contributed by atoms with E-state index in [9.17, 15) is 8.42 Å². The molecule has 6 heteroatoms. The van der Waals surface area contributed by atoms with E-state index in [1.165, 1.54) is 11.3 Å². The molecule has 1 aromatic heterocycles. The van der Waals surface area contributed by atoms with Crippen molar-refractivity contribution in [1.29, 1.82) is 0 Å². The number of aliphatic hydroxyl groups excluding tert-OH is 1. The Bertz CT molecular complexity index is 519. The van der Waals surface area contributed by atoms with Crippen LogP contribution in [0.3, 0.4) is 0 Å². The molecule has 0 unspecified atom stereocenters. The maximum atomic E-state index is 12.4. The highest BCUT2D eigenvalue weighted by Crippen LogP contribution is 2.34. The molecular formula is C12H19NO3S2. The van der Waals surface area contributed by atoms with Gasteiger partial charge in [-0.2, -0.15) is 4.31 Å². The summed E-state index contributed by atoms with van der Waals surface area (Å²) < 4.78 is 26.8. The number of aliphatic hydroxyl groups is 1. The number of nitrogens with zero attached hydrogens (tertiary/aromatic N) is 1. The topological polar surface area (TPSA) is 57.6 Å². The van der Waals surface area contributed by atoms with Gasteiger partial charge in [0.2, 0.25) is 0 Å². The van der Waals surface area contributed by atoms with Crippen LogP contribution in [0.2, 0.25) is 0 Å². The van der Waals surface area contributed by atoms with Crippen molar-refractivity contribution in [1.82, 2.24) is 4.31 Å². The van der Waals surface area contributed by atoms with Crippen molar-refractivity contribution >= 4 is 21.4 Å². The molecule has 0 amide bonds. The van der Waals surface area contributed by atoms with E-state index in [-0.39, 0.29) is 12.0 Å². The highest BCUT2D eigenvalue weighted by atomic mass is 32.2. The molecule has 0 aromatic carbocycles. The predicted molar refractivity (Wildman–Crippen MR) is 72.3 cm³/mol. The third-order valence-electron chi connectivity index (χ3n) is 3.23. The van der Waals surface area contributed by atoms with Gasteiger partial charge in [-0.05, 0) is 24.0 Å². The van der Waals surface area contributed by atoms with Gasteiger partial charge < -0.3 is 5.11 Å². The van der Waals surface area contributed by atoms with Gasteiger partial charge in [0.25, 0.3) is 10.0 Å². The van der Waals surface area contributed by atoms with Gasteiger partial charge in [-0.15, -0.1) is 11.3 Å². The quantitative estimate of drug-likeness (QED) is 0.918. The Morgan fingerprint density at radius 2 is 2.17 bits per heavy atom. The fraction of sp³-hybridized carbons (Fsp3) is 0.667. The Balaban J connectivity index is 2.20. The van der Waals surface area contributed by atoms with Gasteiger partial charge in [0.05, 0.1) is 0 Å². The molecule has 4 nitrogen and oxygen atoms in total. The van der Waals surface area contributed by atoms with E-state index in [4.69, 9.17) is 5.11 Å². The lowest BCUT2D eigenvalue weighted by Crippen LogP contribution is -2.29. The summed E-state index contributed by atoms with van der Waals surface area (Å²) in [5, 5.41) is 8.86. The van der Waals surface area contributed by atoms with Gasteiger partial charge in [0.1, 0.15) is 4.21 Å². The predicted octanol–water partition coefficient (Wildman–Crippen LogP) is 1.70. The summed E-state index contributed by atoms with van der Waals surface area (Å²) in [6.07, 6.45) is 1.42. The molecule has 0 aliphatic carbocycles. The first-order valence-corrected chi connectivity index (χ1v) is 8.30. The highest BCUT2D eigenvalue weighted by molar-refractivity contribution is 7.91. The second kappa shape index (κ2) is 4.92. The molecule has 0 bridgehead atoms. The van der Waals surface area contributed by atoms with Crippen molar-refractivity contribution in [2.45, 2.75) is 30.9 Å². The van der Waals surface area contributed by atoms with Crippen LogP contribution in [0.25, 0.3) is 0 Å². The minimum absolute atomic E-state index is 0.0523. The summed E-state index contributed by atoms with van der Waals surface area (Å²) in [5.74, 6) is 0. The molecule has 2 heterocycles. The zero-order chi connectivity index (χ0) is 13.4. The smallest absolute Gasteiger partial charge is 0.252 e. The Morgan fingerprint density at radius 1 is 1.44 bits per heavy atom. The summed E-state index contributed by atoms with van der Waals surface area (Å²) >= 11 is 1.26. The van der Waals surface area contributed by atoms with Crippen LogP contribution in [-0.4, -0.2) is 37.5 Å². The molecule has 102 valence electrons. The van der Waals surface area contributed by atoms with E-state index in [0.717, 1.165) is 11.3 Å². The van der Waals surface area contributed by atoms with Crippen LogP contribution in [0.1, 0.15) is 25.1 Å². The summed E-state index contributed by atoms with van der Waals surface area (Å²) in [5.41, 5.74) is 0.0677. The van der Waals surface area contributed by atoms with E-state index in [0.29, 0.717) is 23.7 Å². The molecule has 1 N–H and O–H groups in total. The molecule has 1 fully saturated rings. The standard InChI is InChI=1S/C12H19NO3S2/c1-12(2)6-7-13(9-12)18(15,16)11-4-3-10(17-11)5-8-14/h3-4,14H,5-9H2,1-2H3. The van der Waals surface area contributed by atoms with Crippen molar-refractivity contribution in [3.05, 3.63) is 17.0 Å². The number of hydrogen-bond donors (Lipinski definition) is 1. The van der Waals surface area contributed by atoms with Gasteiger partial charge >= 0.3 is 0 Å². The van der Waals surface area contributed by atoms with E-state index in [1.54, 1.807) is 16.4 Å².